The molecule has 0 unspecified atom stereocenters. The van der Waals surface area contributed by atoms with E-state index in [0.717, 1.165) is 11.1 Å². The molecular weight excluding hydrogens is 449 g/mol. The van der Waals surface area contributed by atoms with Crippen LogP contribution < -0.4 is 4.74 Å². The Morgan fingerprint density at radius 2 is 1.68 bits per heavy atom. The molecule has 1 amide bonds. The molecule has 0 bridgehead atoms. The van der Waals surface area contributed by atoms with Gasteiger partial charge in [0.15, 0.2) is 5.82 Å². The van der Waals surface area contributed by atoms with E-state index in [2.05, 4.69) is 14.8 Å². The Balaban J connectivity index is 1.62. The molecule has 0 radical (unpaired) electrons. The van der Waals surface area contributed by atoms with E-state index in [4.69, 9.17) is 4.74 Å². The molecule has 0 aliphatic carbocycles. The predicted molar refractivity (Wildman–Crippen MR) is 121 cm³/mol. The maximum Gasteiger partial charge on any atom is 0.573 e. The summed E-state index contributed by atoms with van der Waals surface area (Å²) in [5.41, 5.74) is 1.85. The number of rotatable bonds is 7. The zero-order valence-corrected chi connectivity index (χ0v) is 19.5. The number of benzene rings is 2. The van der Waals surface area contributed by atoms with Gasteiger partial charge >= 0.3 is 12.5 Å². The zero-order valence-electron chi connectivity index (χ0n) is 19.5. The van der Waals surface area contributed by atoms with E-state index >= 15 is 0 Å². The van der Waals surface area contributed by atoms with E-state index in [1.807, 2.05) is 52.0 Å². The van der Waals surface area contributed by atoms with Crippen molar-refractivity contribution in [3.63, 3.8) is 0 Å². The SMILES string of the molecule is CCN(CCc1ccc(-c2ncn(-c3ccc(OC(F)(F)F)cc3)n2)cc1)C(=O)OC(C)(C)C. The third-order valence-corrected chi connectivity index (χ3v) is 4.74. The molecule has 0 saturated carbocycles. The van der Waals surface area contributed by atoms with Gasteiger partial charge in [-0.25, -0.2) is 14.5 Å². The zero-order chi connectivity index (χ0) is 24.9. The number of alkyl halides is 3. The summed E-state index contributed by atoms with van der Waals surface area (Å²) in [7, 11) is 0. The number of ether oxygens (including phenoxy) is 2. The lowest BCUT2D eigenvalue weighted by Crippen LogP contribution is -2.37. The van der Waals surface area contributed by atoms with Gasteiger partial charge in [0.25, 0.3) is 0 Å². The van der Waals surface area contributed by atoms with Gasteiger partial charge in [0.05, 0.1) is 5.69 Å². The fourth-order valence-corrected chi connectivity index (χ4v) is 3.11. The van der Waals surface area contributed by atoms with Crippen molar-refractivity contribution in [2.24, 2.45) is 0 Å². The monoisotopic (exact) mass is 476 g/mol. The van der Waals surface area contributed by atoms with Gasteiger partial charge in [-0.3, -0.25) is 0 Å². The van der Waals surface area contributed by atoms with Crippen molar-refractivity contribution in [1.82, 2.24) is 19.7 Å². The summed E-state index contributed by atoms with van der Waals surface area (Å²) >= 11 is 0. The van der Waals surface area contributed by atoms with E-state index in [1.165, 1.54) is 35.3 Å². The van der Waals surface area contributed by atoms with Gasteiger partial charge in [0.2, 0.25) is 0 Å². The number of aromatic nitrogens is 3. The summed E-state index contributed by atoms with van der Waals surface area (Å²) in [5, 5.41) is 4.40. The topological polar surface area (TPSA) is 69.5 Å². The highest BCUT2D eigenvalue weighted by atomic mass is 19.4. The second-order valence-electron chi connectivity index (χ2n) is 8.56. The lowest BCUT2D eigenvalue weighted by molar-refractivity contribution is -0.274. The van der Waals surface area contributed by atoms with Crippen LogP contribution in [0.4, 0.5) is 18.0 Å². The summed E-state index contributed by atoms with van der Waals surface area (Å²) < 4.78 is 47.7. The van der Waals surface area contributed by atoms with Crippen molar-refractivity contribution in [3.8, 4) is 22.8 Å². The van der Waals surface area contributed by atoms with E-state index in [-0.39, 0.29) is 11.8 Å². The summed E-state index contributed by atoms with van der Waals surface area (Å²) in [6, 6.07) is 13.0. The summed E-state index contributed by atoms with van der Waals surface area (Å²) in [5.74, 6) is 0.173. The van der Waals surface area contributed by atoms with Gasteiger partial charge < -0.3 is 14.4 Å². The van der Waals surface area contributed by atoms with Crippen LogP contribution in [-0.4, -0.2) is 50.8 Å². The van der Waals surface area contributed by atoms with E-state index in [1.54, 1.807) is 4.90 Å². The standard InChI is InChI=1S/C24H27F3N4O3/c1-5-30(22(32)34-23(2,3)4)15-14-17-6-8-18(9-7-17)21-28-16-31(29-21)19-10-12-20(13-11-19)33-24(25,26)27/h6-13,16H,5,14-15H2,1-4H3. The Hall–Kier alpha value is -3.56. The van der Waals surface area contributed by atoms with Gasteiger partial charge in [0, 0.05) is 18.7 Å². The minimum atomic E-state index is -4.74. The molecule has 3 rings (SSSR count). The minimum absolute atomic E-state index is 0.305. The first-order chi connectivity index (χ1) is 15.9. The largest absolute Gasteiger partial charge is 0.573 e. The third-order valence-electron chi connectivity index (χ3n) is 4.74. The van der Waals surface area contributed by atoms with Crippen LogP contribution in [-0.2, 0) is 11.2 Å². The maximum atomic E-state index is 12.3. The van der Waals surface area contributed by atoms with E-state index < -0.39 is 12.0 Å². The van der Waals surface area contributed by atoms with Gasteiger partial charge in [-0.2, -0.15) is 0 Å². The van der Waals surface area contributed by atoms with Gasteiger partial charge in [0.1, 0.15) is 17.7 Å². The minimum Gasteiger partial charge on any atom is -0.444 e. The smallest absolute Gasteiger partial charge is 0.444 e. The maximum absolute atomic E-state index is 12.3. The van der Waals surface area contributed by atoms with E-state index in [0.29, 0.717) is 31.0 Å². The molecule has 0 spiro atoms. The van der Waals surface area contributed by atoms with Gasteiger partial charge in [-0.15, -0.1) is 18.3 Å². The second-order valence-corrected chi connectivity index (χ2v) is 8.56. The number of hydrogen-bond donors (Lipinski definition) is 0. The van der Waals surface area contributed by atoms with Crippen molar-refractivity contribution in [2.45, 2.75) is 46.1 Å². The van der Waals surface area contributed by atoms with Crippen LogP contribution in [0.1, 0.15) is 33.3 Å². The first kappa shape index (κ1) is 25.1. The van der Waals surface area contributed by atoms with Gasteiger partial charge in [-0.05, 0) is 63.9 Å². The molecule has 0 fully saturated rings. The number of carbonyl (C=O) groups is 1. The molecule has 0 aliphatic heterocycles. The molecule has 0 aliphatic rings. The Kier molecular flexibility index (Phi) is 7.48. The molecule has 1 aromatic heterocycles. The molecule has 7 nitrogen and oxygen atoms in total. The van der Waals surface area contributed by atoms with Crippen molar-refractivity contribution >= 4 is 6.09 Å². The molecular formula is C24H27F3N4O3. The lowest BCUT2D eigenvalue weighted by atomic mass is 10.1. The van der Waals surface area contributed by atoms with Crippen LogP contribution >= 0.6 is 0 Å². The summed E-state index contributed by atoms with van der Waals surface area (Å²) in [4.78, 5) is 18.2. The average Bonchev–Trinajstić information content (AvgIpc) is 3.23. The van der Waals surface area contributed by atoms with Crippen LogP contribution in [0.3, 0.4) is 0 Å². The summed E-state index contributed by atoms with van der Waals surface area (Å²) in [6.45, 7) is 8.51. The number of nitrogens with zero attached hydrogens (tertiary/aromatic N) is 4. The normalized spacial score (nSPS) is 11.9. The van der Waals surface area contributed by atoms with E-state index in [9.17, 15) is 18.0 Å². The number of amides is 1. The number of hydrogen-bond acceptors (Lipinski definition) is 5. The average molecular weight is 476 g/mol. The second kappa shape index (κ2) is 10.1. The van der Waals surface area contributed by atoms with Crippen LogP contribution in [0.2, 0.25) is 0 Å². The van der Waals surface area contributed by atoms with Crippen LogP contribution in [0.25, 0.3) is 17.1 Å². The Bertz CT molecular complexity index is 1090. The van der Waals surface area contributed by atoms with Crippen LogP contribution in [0.5, 0.6) is 5.75 Å². The molecule has 2 aromatic carbocycles. The van der Waals surface area contributed by atoms with Crippen molar-refractivity contribution in [3.05, 3.63) is 60.4 Å². The highest BCUT2D eigenvalue weighted by molar-refractivity contribution is 5.68. The Labute approximate surface area is 196 Å². The number of halogens is 3. The van der Waals surface area contributed by atoms with Crippen molar-refractivity contribution in [1.29, 1.82) is 0 Å². The van der Waals surface area contributed by atoms with Crippen LogP contribution in [0, 0.1) is 0 Å². The molecule has 0 saturated heterocycles. The first-order valence-corrected chi connectivity index (χ1v) is 10.8. The molecule has 10 heteroatoms. The first-order valence-electron chi connectivity index (χ1n) is 10.8. The van der Waals surface area contributed by atoms with Crippen molar-refractivity contribution in [2.75, 3.05) is 13.1 Å². The highest BCUT2D eigenvalue weighted by Gasteiger charge is 2.31. The number of carbonyl (C=O) groups excluding carboxylic acids is 1. The molecule has 1 heterocycles. The molecule has 3 aromatic rings. The van der Waals surface area contributed by atoms with Crippen molar-refractivity contribution < 1.29 is 27.4 Å². The molecule has 0 N–H and O–H groups in total. The van der Waals surface area contributed by atoms with Gasteiger partial charge in [-0.1, -0.05) is 24.3 Å². The Morgan fingerprint density at radius 1 is 1.03 bits per heavy atom. The fourth-order valence-electron chi connectivity index (χ4n) is 3.11. The fraction of sp³-hybridized carbons (Fsp3) is 0.375. The molecule has 0 atom stereocenters. The Morgan fingerprint density at radius 3 is 2.24 bits per heavy atom. The molecule has 182 valence electrons. The molecule has 34 heavy (non-hydrogen) atoms. The summed E-state index contributed by atoms with van der Waals surface area (Å²) in [6.07, 6.45) is -2.91. The predicted octanol–water partition coefficient (Wildman–Crippen LogP) is 5.63. The van der Waals surface area contributed by atoms with Crippen LogP contribution in [0.15, 0.2) is 54.9 Å². The third kappa shape index (κ3) is 7.23. The highest BCUT2D eigenvalue weighted by Crippen LogP contribution is 2.24. The lowest BCUT2D eigenvalue weighted by Gasteiger charge is -2.26. The quantitative estimate of drug-likeness (QED) is 0.442. The number of likely N-dealkylation sites (N-methyl/N-ethyl adjacent to an activating group) is 1.